The Balaban J connectivity index is 2.40. The third-order valence-corrected chi connectivity index (χ3v) is 3.80. The molecular formula is C16H13N3O3S. The second-order valence-corrected chi connectivity index (χ2v) is 5.56. The lowest BCUT2D eigenvalue weighted by Crippen LogP contribution is -2.22. The average molecular weight is 327 g/mol. The number of carboxylic acid groups (broad SMARTS) is 1. The molecule has 7 heteroatoms. The van der Waals surface area contributed by atoms with E-state index in [1.165, 1.54) is 29.2 Å². The van der Waals surface area contributed by atoms with Gasteiger partial charge >= 0.3 is 5.97 Å². The summed E-state index contributed by atoms with van der Waals surface area (Å²) in [6, 6.07) is 8.99. The summed E-state index contributed by atoms with van der Waals surface area (Å²) >= 11 is 1.20. The van der Waals surface area contributed by atoms with Gasteiger partial charge in [0.15, 0.2) is 5.13 Å². The maximum atomic E-state index is 12.0. The second kappa shape index (κ2) is 6.85. The van der Waals surface area contributed by atoms with E-state index >= 15 is 0 Å². The molecule has 0 bridgehead atoms. The molecule has 0 aliphatic heterocycles. The van der Waals surface area contributed by atoms with Crippen molar-refractivity contribution in [2.45, 2.75) is 13.8 Å². The van der Waals surface area contributed by atoms with Crippen LogP contribution < -0.4 is 4.90 Å². The van der Waals surface area contributed by atoms with Crippen molar-refractivity contribution >= 4 is 40.1 Å². The van der Waals surface area contributed by atoms with Gasteiger partial charge in [0, 0.05) is 12.3 Å². The fourth-order valence-electron chi connectivity index (χ4n) is 1.86. The molecule has 1 heterocycles. The number of aliphatic carboxylic acids is 1. The number of carboxylic acids is 1. The van der Waals surface area contributed by atoms with Crippen molar-refractivity contribution in [2.24, 2.45) is 0 Å². The van der Waals surface area contributed by atoms with Gasteiger partial charge in [0.1, 0.15) is 11.6 Å². The number of aryl methyl sites for hydroxylation is 1. The summed E-state index contributed by atoms with van der Waals surface area (Å²) < 4.78 is 0. The van der Waals surface area contributed by atoms with Gasteiger partial charge in [-0.15, -0.1) is 11.3 Å². The smallest absolute Gasteiger partial charge is 0.346 e. The number of aromatic nitrogens is 1. The van der Waals surface area contributed by atoms with Crippen LogP contribution in [0.3, 0.4) is 0 Å². The Labute approximate surface area is 136 Å². The van der Waals surface area contributed by atoms with Crippen molar-refractivity contribution in [3.05, 3.63) is 46.5 Å². The minimum absolute atomic E-state index is 0.211. The van der Waals surface area contributed by atoms with Gasteiger partial charge in [-0.25, -0.2) is 9.78 Å². The number of rotatable bonds is 4. The number of amides is 1. The second-order valence-electron chi connectivity index (χ2n) is 4.72. The summed E-state index contributed by atoms with van der Waals surface area (Å²) in [5.41, 5.74) is 1.65. The molecule has 1 N–H and O–H groups in total. The quantitative estimate of drug-likeness (QED) is 0.687. The third-order valence-electron chi connectivity index (χ3n) is 2.95. The van der Waals surface area contributed by atoms with Crippen LogP contribution in [0.5, 0.6) is 0 Å². The van der Waals surface area contributed by atoms with Gasteiger partial charge in [-0.1, -0.05) is 17.7 Å². The Morgan fingerprint density at radius 2 is 2.00 bits per heavy atom. The lowest BCUT2D eigenvalue weighted by Gasteiger charge is -2.18. The summed E-state index contributed by atoms with van der Waals surface area (Å²) in [6.45, 7) is 3.37. The van der Waals surface area contributed by atoms with Crippen molar-refractivity contribution < 1.29 is 14.7 Å². The maximum Gasteiger partial charge on any atom is 0.346 e. The summed E-state index contributed by atoms with van der Waals surface area (Å²) in [4.78, 5) is 28.5. The summed E-state index contributed by atoms with van der Waals surface area (Å²) in [5, 5.41) is 19.7. The number of carbonyl (C=O) groups excluding carboxylic acids is 1. The van der Waals surface area contributed by atoms with Crippen LogP contribution in [0, 0.1) is 18.3 Å². The minimum atomic E-state index is -1.32. The molecule has 1 amide bonds. The molecule has 2 aromatic rings. The predicted molar refractivity (Wildman–Crippen MR) is 87.3 cm³/mol. The van der Waals surface area contributed by atoms with Gasteiger partial charge in [0.05, 0.1) is 11.4 Å². The van der Waals surface area contributed by atoms with E-state index in [9.17, 15) is 9.59 Å². The number of thiazole rings is 1. The molecule has 0 unspecified atom stereocenters. The summed E-state index contributed by atoms with van der Waals surface area (Å²) in [7, 11) is 0. The van der Waals surface area contributed by atoms with Crippen molar-refractivity contribution in [1.29, 1.82) is 5.26 Å². The van der Waals surface area contributed by atoms with Crippen LogP contribution in [-0.2, 0) is 9.59 Å². The monoisotopic (exact) mass is 327 g/mol. The van der Waals surface area contributed by atoms with E-state index < -0.39 is 11.5 Å². The Morgan fingerprint density at radius 3 is 2.52 bits per heavy atom. The van der Waals surface area contributed by atoms with E-state index in [0.717, 1.165) is 5.56 Å². The summed E-state index contributed by atoms with van der Waals surface area (Å²) in [5.74, 6) is -1.53. The van der Waals surface area contributed by atoms with E-state index in [1.807, 2.05) is 31.2 Å². The standard InChI is InChI=1S/C16H13N3O3S/c1-10-3-5-14(6-4-10)19(11(2)20)16-18-13(9-23-16)7-12(8-17)15(21)22/h3-7,9H,1-2H3,(H,21,22)/b12-7+. The highest BCUT2D eigenvalue weighted by Crippen LogP contribution is 2.29. The van der Waals surface area contributed by atoms with E-state index in [1.54, 1.807) is 11.4 Å². The average Bonchev–Trinajstić information content (AvgIpc) is 2.94. The zero-order chi connectivity index (χ0) is 17.0. The van der Waals surface area contributed by atoms with Crippen LogP contribution in [0.15, 0.2) is 35.2 Å². The molecule has 6 nitrogen and oxygen atoms in total. The van der Waals surface area contributed by atoms with Gasteiger partial charge in [-0.05, 0) is 25.1 Å². The van der Waals surface area contributed by atoms with Gasteiger partial charge < -0.3 is 5.11 Å². The molecular weight excluding hydrogens is 314 g/mol. The number of hydrogen-bond acceptors (Lipinski definition) is 5. The van der Waals surface area contributed by atoms with Crippen molar-refractivity contribution in [3.63, 3.8) is 0 Å². The van der Waals surface area contributed by atoms with Crippen LogP contribution in [0.2, 0.25) is 0 Å². The lowest BCUT2D eigenvalue weighted by molar-refractivity contribution is -0.132. The first-order chi connectivity index (χ1) is 10.9. The molecule has 1 aromatic heterocycles. The largest absolute Gasteiger partial charge is 0.477 e. The number of carbonyl (C=O) groups is 2. The van der Waals surface area contributed by atoms with Crippen LogP contribution in [0.4, 0.5) is 10.8 Å². The number of anilines is 2. The molecule has 1 aromatic carbocycles. The zero-order valence-corrected chi connectivity index (χ0v) is 13.3. The normalized spacial score (nSPS) is 10.9. The number of benzene rings is 1. The Morgan fingerprint density at radius 1 is 1.35 bits per heavy atom. The van der Waals surface area contributed by atoms with Gasteiger partial charge in [-0.3, -0.25) is 9.69 Å². The number of nitrogens with zero attached hydrogens (tertiary/aromatic N) is 3. The van der Waals surface area contributed by atoms with E-state index in [0.29, 0.717) is 16.5 Å². The highest BCUT2D eigenvalue weighted by Gasteiger charge is 2.18. The molecule has 116 valence electrons. The lowest BCUT2D eigenvalue weighted by atomic mass is 10.2. The Bertz CT molecular complexity index is 816. The van der Waals surface area contributed by atoms with Crippen LogP contribution in [-0.4, -0.2) is 22.0 Å². The van der Waals surface area contributed by atoms with E-state index in [4.69, 9.17) is 10.4 Å². The van der Waals surface area contributed by atoms with Crippen LogP contribution in [0.1, 0.15) is 18.2 Å². The predicted octanol–water partition coefficient (Wildman–Crippen LogP) is 3.13. The SMILES string of the molecule is CC(=O)N(c1ccc(C)cc1)c1nc(/C=C(\C#N)C(=O)O)cs1. The van der Waals surface area contributed by atoms with E-state index in [-0.39, 0.29) is 5.91 Å². The number of nitriles is 1. The molecule has 2 rings (SSSR count). The Kier molecular flexibility index (Phi) is 4.88. The highest BCUT2D eigenvalue weighted by atomic mass is 32.1. The molecule has 0 saturated heterocycles. The minimum Gasteiger partial charge on any atom is -0.477 e. The molecule has 0 spiro atoms. The van der Waals surface area contributed by atoms with Gasteiger partial charge in [0.2, 0.25) is 5.91 Å². The maximum absolute atomic E-state index is 12.0. The first-order valence-corrected chi connectivity index (χ1v) is 7.48. The fourth-order valence-corrected chi connectivity index (χ4v) is 2.70. The summed E-state index contributed by atoms with van der Waals surface area (Å²) in [6.07, 6.45) is 1.18. The molecule has 0 aliphatic carbocycles. The van der Waals surface area contributed by atoms with Crippen molar-refractivity contribution in [1.82, 2.24) is 4.98 Å². The van der Waals surface area contributed by atoms with Crippen LogP contribution >= 0.6 is 11.3 Å². The molecule has 0 aliphatic rings. The highest BCUT2D eigenvalue weighted by molar-refractivity contribution is 7.14. The first-order valence-electron chi connectivity index (χ1n) is 6.60. The third kappa shape index (κ3) is 3.81. The van der Waals surface area contributed by atoms with Crippen LogP contribution in [0.25, 0.3) is 6.08 Å². The molecule has 0 saturated carbocycles. The van der Waals surface area contributed by atoms with Gasteiger partial charge in [0.25, 0.3) is 0 Å². The topological polar surface area (TPSA) is 94.3 Å². The van der Waals surface area contributed by atoms with Crippen molar-refractivity contribution in [3.8, 4) is 6.07 Å². The number of hydrogen-bond donors (Lipinski definition) is 1. The molecule has 0 atom stereocenters. The van der Waals surface area contributed by atoms with Crippen molar-refractivity contribution in [2.75, 3.05) is 4.90 Å². The molecule has 0 fully saturated rings. The zero-order valence-electron chi connectivity index (χ0n) is 12.5. The fraction of sp³-hybridized carbons (Fsp3) is 0.125. The molecule has 0 radical (unpaired) electrons. The Hall–Kier alpha value is -2.98. The van der Waals surface area contributed by atoms with Gasteiger partial charge in [-0.2, -0.15) is 5.26 Å². The van der Waals surface area contributed by atoms with E-state index in [2.05, 4.69) is 4.98 Å². The first kappa shape index (κ1) is 16.4. The molecule has 23 heavy (non-hydrogen) atoms.